The zero-order valence-electron chi connectivity index (χ0n) is 14.3. The van der Waals surface area contributed by atoms with E-state index in [0.29, 0.717) is 24.8 Å². The highest BCUT2D eigenvalue weighted by Crippen LogP contribution is 2.20. The van der Waals surface area contributed by atoms with Crippen LogP contribution >= 0.6 is 0 Å². The van der Waals surface area contributed by atoms with Gasteiger partial charge in [0.15, 0.2) is 6.61 Å². The third kappa shape index (κ3) is 5.17. The van der Waals surface area contributed by atoms with Crippen molar-refractivity contribution >= 4 is 11.8 Å². The fourth-order valence-electron chi connectivity index (χ4n) is 2.81. The molecule has 0 aromatic heterocycles. The molecule has 1 aliphatic heterocycles. The summed E-state index contributed by atoms with van der Waals surface area (Å²) in [5.74, 6) is 0.411. The lowest BCUT2D eigenvalue weighted by Gasteiger charge is -2.18. The quantitative estimate of drug-likeness (QED) is 0.566. The first-order chi connectivity index (χ1) is 12.0. The molecule has 3 rings (SSSR count). The van der Waals surface area contributed by atoms with Crippen LogP contribution < -0.4 is 20.7 Å². The van der Waals surface area contributed by atoms with Crippen LogP contribution in [-0.2, 0) is 9.59 Å². The van der Waals surface area contributed by atoms with Gasteiger partial charge in [-0.1, -0.05) is 12.1 Å². The fourth-order valence-corrected chi connectivity index (χ4v) is 2.81. The largest absolute Gasteiger partial charge is 0.484 e. The van der Waals surface area contributed by atoms with E-state index in [2.05, 4.69) is 16.0 Å². The molecule has 2 aliphatic rings. The van der Waals surface area contributed by atoms with E-state index in [1.165, 1.54) is 0 Å². The van der Waals surface area contributed by atoms with Crippen LogP contribution in [0.4, 0.5) is 0 Å². The van der Waals surface area contributed by atoms with Crippen molar-refractivity contribution in [3.63, 3.8) is 0 Å². The summed E-state index contributed by atoms with van der Waals surface area (Å²) in [4.78, 5) is 23.8. The highest BCUT2D eigenvalue weighted by atomic mass is 16.5. The summed E-state index contributed by atoms with van der Waals surface area (Å²) in [6, 6.07) is 7.16. The first-order valence-corrected chi connectivity index (χ1v) is 8.75. The molecule has 2 amide bonds. The van der Waals surface area contributed by atoms with Crippen molar-refractivity contribution in [3.05, 3.63) is 29.8 Å². The summed E-state index contributed by atoms with van der Waals surface area (Å²) in [6.07, 6.45) is 2.09. The number of carbonyl (C=O) groups is 2. The Labute approximate surface area is 147 Å². The molecule has 3 unspecified atom stereocenters. The Kier molecular flexibility index (Phi) is 5.55. The predicted octanol–water partition coefficient (Wildman–Crippen LogP) is 0.244. The molecule has 0 spiro atoms. The molecular weight excluding hydrogens is 322 g/mol. The number of rotatable bonds is 7. The zero-order valence-corrected chi connectivity index (χ0v) is 14.3. The van der Waals surface area contributed by atoms with Gasteiger partial charge in [0.2, 0.25) is 5.91 Å². The number of hydrogen-bond acceptors (Lipinski definition) is 5. The second-order valence-electron chi connectivity index (χ2n) is 6.78. The Hall–Kier alpha value is -2.12. The number of aliphatic hydroxyl groups is 1. The number of aliphatic hydroxyl groups excluding tert-OH is 1. The number of amides is 2. The number of nitrogens with one attached hydrogen (secondary N) is 3. The van der Waals surface area contributed by atoms with E-state index < -0.39 is 6.10 Å². The molecule has 1 aromatic carbocycles. The second-order valence-corrected chi connectivity index (χ2v) is 6.78. The van der Waals surface area contributed by atoms with E-state index in [-0.39, 0.29) is 30.5 Å². The number of carbonyl (C=O) groups excluding carboxylic acids is 2. The molecular formula is C18H25N3O4. The Morgan fingerprint density at radius 2 is 2.04 bits per heavy atom. The standard InChI is InChI=1S/C18H25N3O4/c1-11(20-18(24)16-8-14(22)9-19-16)12-2-6-15(7-3-12)25-10-17(23)21-13-4-5-13/h2-3,6-7,11,13-14,16,19,22H,4-5,8-10H2,1H3,(H,20,24)(H,21,23). The molecule has 7 heteroatoms. The molecule has 1 saturated heterocycles. The molecule has 1 aliphatic carbocycles. The SMILES string of the molecule is CC(NC(=O)C1CC(O)CN1)c1ccc(OCC(=O)NC2CC2)cc1. The van der Waals surface area contributed by atoms with Gasteiger partial charge in [-0.25, -0.2) is 0 Å². The first kappa shape index (κ1) is 17.7. The lowest BCUT2D eigenvalue weighted by molar-refractivity contribution is -0.124. The van der Waals surface area contributed by atoms with Crippen LogP contribution in [0.5, 0.6) is 5.75 Å². The summed E-state index contributed by atoms with van der Waals surface area (Å²) in [7, 11) is 0. The minimum Gasteiger partial charge on any atom is -0.484 e. The molecule has 25 heavy (non-hydrogen) atoms. The number of ether oxygens (including phenoxy) is 1. The van der Waals surface area contributed by atoms with Crippen molar-refractivity contribution in [2.24, 2.45) is 0 Å². The van der Waals surface area contributed by atoms with Gasteiger partial charge in [0.05, 0.1) is 18.2 Å². The van der Waals surface area contributed by atoms with E-state index in [0.717, 1.165) is 18.4 Å². The molecule has 1 heterocycles. The summed E-state index contributed by atoms with van der Waals surface area (Å²) in [5.41, 5.74) is 0.946. The van der Waals surface area contributed by atoms with Crippen molar-refractivity contribution in [1.82, 2.24) is 16.0 Å². The van der Waals surface area contributed by atoms with E-state index in [1.54, 1.807) is 12.1 Å². The highest BCUT2D eigenvalue weighted by Gasteiger charge is 2.28. The van der Waals surface area contributed by atoms with Gasteiger partial charge in [-0.05, 0) is 43.9 Å². The Morgan fingerprint density at radius 1 is 1.32 bits per heavy atom. The zero-order chi connectivity index (χ0) is 17.8. The van der Waals surface area contributed by atoms with Crippen LogP contribution in [0, 0.1) is 0 Å². The lowest BCUT2D eigenvalue weighted by Crippen LogP contribution is -2.41. The minimum absolute atomic E-state index is 0.0117. The molecule has 4 N–H and O–H groups in total. The maximum atomic E-state index is 12.2. The molecule has 136 valence electrons. The average Bonchev–Trinajstić information content (AvgIpc) is 3.30. The Balaban J connectivity index is 1.45. The van der Waals surface area contributed by atoms with E-state index >= 15 is 0 Å². The fraction of sp³-hybridized carbons (Fsp3) is 0.556. The van der Waals surface area contributed by atoms with Gasteiger partial charge in [0.25, 0.3) is 5.91 Å². The number of hydrogen-bond donors (Lipinski definition) is 4. The monoisotopic (exact) mass is 347 g/mol. The van der Waals surface area contributed by atoms with E-state index in [9.17, 15) is 14.7 Å². The number of β-amino-alcohol motifs (C(OH)–C–C–N with tert-alkyl or cyclic N) is 1. The van der Waals surface area contributed by atoms with Crippen LogP contribution in [0.3, 0.4) is 0 Å². The summed E-state index contributed by atoms with van der Waals surface area (Å²) in [6.45, 7) is 2.37. The molecule has 0 radical (unpaired) electrons. The number of benzene rings is 1. The van der Waals surface area contributed by atoms with Crippen LogP contribution in [0.2, 0.25) is 0 Å². The van der Waals surface area contributed by atoms with Gasteiger partial charge in [0, 0.05) is 12.6 Å². The molecule has 1 saturated carbocycles. The van der Waals surface area contributed by atoms with Crippen molar-refractivity contribution in [3.8, 4) is 5.75 Å². The lowest BCUT2D eigenvalue weighted by atomic mass is 10.1. The molecule has 2 fully saturated rings. The minimum atomic E-state index is -0.459. The summed E-state index contributed by atoms with van der Waals surface area (Å²) >= 11 is 0. The van der Waals surface area contributed by atoms with Gasteiger partial charge >= 0.3 is 0 Å². The van der Waals surface area contributed by atoms with E-state index in [4.69, 9.17) is 4.74 Å². The van der Waals surface area contributed by atoms with Crippen LogP contribution in [0.15, 0.2) is 24.3 Å². The van der Waals surface area contributed by atoms with Crippen LogP contribution in [-0.4, -0.2) is 48.3 Å². The average molecular weight is 347 g/mol. The van der Waals surface area contributed by atoms with Gasteiger partial charge in [-0.3, -0.25) is 9.59 Å². The third-order valence-corrected chi connectivity index (χ3v) is 4.48. The molecule has 1 aromatic rings. The second kappa shape index (κ2) is 7.84. The normalized spacial score (nSPS) is 23.8. The van der Waals surface area contributed by atoms with Gasteiger partial charge in [-0.15, -0.1) is 0 Å². The molecule has 0 bridgehead atoms. The Bertz CT molecular complexity index is 615. The topological polar surface area (TPSA) is 99.7 Å². The molecule has 7 nitrogen and oxygen atoms in total. The van der Waals surface area contributed by atoms with Gasteiger partial charge in [0.1, 0.15) is 5.75 Å². The van der Waals surface area contributed by atoms with Crippen molar-refractivity contribution in [1.29, 1.82) is 0 Å². The predicted molar refractivity (Wildman–Crippen MR) is 92.1 cm³/mol. The highest BCUT2D eigenvalue weighted by molar-refractivity contribution is 5.82. The third-order valence-electron chi connectivity index (χ3n) is 4.48. The van der Waals surface area contributed by atoms with Crippen LogP contribution in [0.25, 0.3) is 0 Å². The maximum absolute atomic E-state index is 12.2. The first-order valence-electron chi connectivity index (χ1n) is 8.75. The maximum Gasteiger partial charge on any atom is 0.258 e. The van der Waals surface area contributed by atoms with Crippen LogP contribution in [0.1, 0.15) is 37.8 Å². The van der Waals surface area contributed by atoms with Crippen molar-refractivity contribution < 1.29 is 19.4 Å². The van der Waals surface area contributed by atoms with Gasteiger partial charge in [-0.2, -0.15) is 0 Å². The van der Waals surface area contributed by atoms with E-state index in [1.807, 2.05) is 19.1 Å². The Morgan fingerprint density at radius 3 is 2.64 bits per heavy atom. The summed E-state index contributed by atoms with van der Waals surface area (Å²) in [5, 5.41) is 18.3. The van der Waals surface area contributed by atoms with Gasteiger partial charge < -0.3 is 25.8 Å². The summed E-state index contributed by atoms with van der Waals surface area (Å²) < 4.78 is 5.47. The smallest absolute Gasteiger partial charge is 0.258 e. The molecule has 3 atom stereocenters. The van der Waals surface area contributed by atoms with Crippen molar-refractivity contribution in [2.75, 3.05) is 13.2 Å². The van der Waals surface area contributed by atoms with Crippen molar-refractivity contribution in [2.45, 2.75) is 50.4 Å².